The monoisotopic (exact) mass is 286 g/mol. The van der Waals surface area contributed by atoms with Crippen LogP contribution in [0.5, 0.6) is 6.01 Å². The molecule has 8 heteroatoms. The molecule has 16 heavy (non-hydrogen) atoms. The zero-order valence-electron chi connectivity index (χ0n) is 8.15. The molecule has 0 aliphatic carbocycles. The lowest BCUT2D eigenvalue weighted by Crippen LogP contribution is -2.11. The van der Waals surface area contributed by atoms with Crippen LogP contribution in [-0.2, 0) is 0 Å². The Labute approximate surface area is 98.3 Å². The van der Waals surface area contributed by atoms with Gasteiger partial charge < -0.3 is 9.15 Å². The van der Waals surface area contributed by atoms with Crippen LogP contribution in [-0.4, -0.2) is 28.2 Å². The molecule has 2 aromatic rings. The van der Waals surface area contributed by atoms with Gasteiger partial charge in [0.15, 0.2) is 10.4 Å². The molecule has 0 aromatic carbocycles. The van der Waals surface area contributed by atoms with Crippen LogP contribution in [0.4, 0.5) is 5.95 Å². The van der Waals surface area contributed by atoms with E-state index in [-0.39, 0.29) is 17.7 Å². The molecule has 0 atom stereocenters. The van der Waals surface area contributed by atoms with Gasteiger partial charge in [0.25, 0.3) is 5.91 Å². The Morgan fingerprint density at radius 3 is 3.00 bits per heavy atom. The van der Waals surface area contributed by atoms with Crippen LogP contribution in [0.15, 0.2) is 21.2 Å². The summed E-state index contributed by atoms with van der Waals surface area (Å²) in [5.41, 5.74) is 0. The Hall–Kier alpha value is -1.83. The lowest BCUT2D eigenvalue weighted by molar-refractivity contribution is 0.0994. The van der Waals surface area contributed by atoms with Crippen LogP contribution in [0.2, 0.25) is 0 Å². The summed E-state index contributed by atoms with van der Waals surface area (Å²) in [6.45, 7) is 0. The highest BCUT2D eigenvalue weighted by Crippen LogP contribution is 2.15. The van der Waals surface area contributed by atoms with E-state index in [9.17, 15) is 4.79 Å². The molecule has 0 saturated carbocycles. The number of furan rings is 1. The second-order valence-corrected chi connectivity index (χ2v) is 3.51. The minimum Gasteiger partial charge on any atom is -0.466 e. The zero-order chi connectivity index (χ0) is 11.5. The number of carbonyl (C=O) groups excluding carboxylic acids is 1. The van der Waals surface area contributed by atoms with E-state index in [1.165, 1.54) is 13.2 Å². The fourth-order valence-corrected chi connectivity index (χ4v) is 1.31. The van der Waals surface area contributed by atoms with Crippen LogP contribution in [0.1, 0.15) is 10.6 Å². The lowest BCUT2D eigenvalue weighted by Gasteiger charge is -1.96. The van der Waals surface area contributed by atoms with Crippen molar-refractivity contribution in [1.29, 1.82) is 0 Å². The number of amides is 1. The SMILES string of the molecule is COc1n[nH]c(NC(=O)c2ccc(Br)o2)n1. The van der Waals surface area contributed by atoms with E-state index in [0.29, 0.717) is 4.67 Å². The zero-order valence-corrected chi connectivity index (χ0v) is 9.74. The predicted octanol–water partition coefficient (Wildman–Crippen LogP) is 1.42. The van der Waals surface area contributed by atoms with Gasteiger partial charge in [-0.05, 0) is 28.1 Å². The third-order valence-electron chi connectivity index (χ3n) is 1.68. The first kappa shape index (κ1) is 10.7. The normalized spacial score (nSPS) is 10.1. The molecule has 0 spiro atoms. The number of methoxy groups -OCH3 is 1. The molecular weight excluding hydrogens is 280 g/mol. The summed E-state index contributed by atoms with van der Waals surface area (Å²) in [5.74, 6) is -0.0684. The fourth-order valence-electron chi connectivity index (χ4n) is 0.999. The van der Waals surface area contributed by atoms with Crippen molar-refractivity contribution in [2.24, 2.45) is 0 Å². The molecule has 0 unspecified atom stereocenters. The standard InChI is InChI=1S/C8H7BrN4O3/c1-15-8-11-7(12-13-8)10-6(14)4-2-3-5(9)16-4/h2-3H,1H3,(H2,10,11,12,13,14). The Bertz CT molecular complexity index is 507. The van der Waals surface area contributed by atoms with Crippen molar-refractivity contribution in [2.75, 3.05) is 12.4 Å². The van der Waals surface area contributed by atoms with Crippen molar-refractivity contribution in [3.63, 3.8) is 0 Å². The predicted molar refractivity (Wildman–Crippen MR) is 57.3 cm³/mol. The summed E-state index contributed by atoms with van der Waals surface area (Å²) < 4.78 is 10.3. The van der Waals surface area contributed by atoms with Crippen molar-refractivity contribution in [2.45, 2.75) is 0 Å². The first-order valence-corrected chi connectivity index (χ1v) is 5.01. The minimum atomic E-state index is -0.426. The summed E-state index contributed by atoms with van der Waals surface area (Å²) in [5, 5.41) is 8.63. The van der Waals surface area contributed by atoms with Gasteiger partial charge in [0.05, 0.1) is 7.11 Å². The third-order valence-corrected chi connectivity index (χ3v) is 2.10. The Kier molecular flexibility index (Phi) is 2.91. The lowest BCUT2D eigenvalue weighted by atomic mass is 10.4. The molecule has 0 bridgehead atoms. The smallest absolute Gasteiger partial charge is 0.336 e. The molecule has 0 radical (unpaired) electrons. The number of aromatic nitrogens is 3. The molecule has 2 rings (SSSR count). The highest BCUT2D eigenvalue weighted by atomic mass is 79.9. The first-order chi connectivity index (χ1) is 7.69. The van der Waals surface area contributed by atoms with Crippen LogP contribution in [0, 0.1) is 0 Å². The van der Waals surface area contributed by atoms with Gasteiger partial charge in [-0.15, -0.1) is 5.10 Å². The highest BCUT2D eigenvalue weighted by molar-refractivity contribution is 9.10. The van der Waals surface area contributed by atoms with Crippen molar-refractivity contribution >= 4 is 27.8 Å². The van der Waals surface area contributed by atoms with Gasteiger partial charge in [0, 0.05) is 0 Å². The van der Waals surface area contributed by atoms with Gasteiger partial charge in [-0.1, -0.05) is 0 Å². The number of halogens is 1. The fraction of sp³-hybridized carbons (Fsp3) is 0.125. The van der Waals surface area contributed by atoms with Crippen LogP contribution in [0.3, 0.4) is 0 Å². The van der Waals surface area contributed by atoms with E-state index in [1.54, 1.807) is 6.07 Å². The van der Waals surface area contributed by atoms with Gasteiger partial charge in [0.1, 0.15) is 0 Å². The summed E-state index contributed by atoms with van der Waals surface area (Å²) in [7, 11) is 1.43. The number of H-pyrrole nitrogens is 1. The molecule has 0 aliphatic heterocycles. The minimum absolute atomic E-state index is 0.149. The largest absolute Gasteiger partial charge is 0.466 e. The van der Waals surface area contributed by atoms with Gasteiger partial charge in [0.2, 0.25) is 5.95 Å². The molecule has 0 aliphatic rings. The van der Waals surface area contributed by atoms with Gasteiger partial charge in [-0.25, -0.2) is 5.10 Å². The number of carbonyl (C=O) groups is 1. The Morgan fingerprint density at radius 2 is 2.44 bits per heavy atom. The van der Waals surface area contributed by atoms with E-state index >= 15 is 0 Å². The molecule has 2 heterocycles. The van der Waals surface area contributed by atoms with Crippen molar-refractivity contribution < 1.29 is 13.9 Å². The topological polar surface area (TPSA) is 93.0 Å². The van der Waals surface area contributed by atoms with E-state index in [1.807, 2.05) is 0 Å². The number of nitrogens with one attached hydrogen (secondary N) is 2. The number of nitrogens with zero attached hydrogens (tertiary/aromatic N) is 2. The summed E-state index contributed by atoms with van der Waals surface area (Å²) in [6.07, 6.45) is 0. The van der Waals surface area contributed by atoms with Gasteiger partial charge >= 0.3 is 6.01 Å². The molecule has 2 N–H and O–H groups in total. The third kappa shape index (κ3) is 2.22. The summed E-state index contributed by atoms with van der Waals surface area (Å²) >= 11 is 3.10. The number of anilines is 1. The van der Waals surface area contributed by atoms with E-state index in [2.05, 4.69) is 36.4 Å². The highest BCUT2D eigenvalue weighted by Gasteiger charge is 2.12. The molecule has 2 aromatic heterocycles. The maximum Gasteiger partial charge on any atom is 0.336 e. The Morgan fingerprint density at radius 1 is 1.62 bits per heavy atom. The number of hydrogen-bond acceptors (Lipinski definition) is 5. The summed E-state index contributed by atoms with van der Waals surface area (Å²) in [4.78, 5) is 15.4. The van der Waals surface area contributed by atoms with Crippen molar-refractivity contribution in [1.82, 2.24) is 15.2 Å². The van der Waals surface area contributed by atoms with E-state index in [0.717, 1.165) is 0 Å². The van der Waals surface area contributed by atoms with Crippen LogP contribution < -0.4 is 10.1 Å². The van der Waals surface area contributed by atoms with Gasteiger partial charge in [-0.2, -0.15) is 4.98 Å². The number of ether oxygens (including phenoxy) is 1. The molecule has 0 saturated heterocycles. The van der Waals surface area contributed by atoms with Crippen LogP contribution >= 0.6 is 15.9 Å². The van der Waals surface area contributed by atoms with Crippen molar-refractivity contribution in [3.05, 3.63) is 22.6 Å². The van der Waals surface area contributed by atoms with Gasteiger partial charge in [-0.3, -0.25) is 10.1 Å². The molecule has 84 valence electrons. The summed E-state index contributed by atoms with van der Waals surface area (Å²) in [6, 6.07) is 3.30. The quantitative estimate of drug-likeness (QED) is 0.890. The van der Waals surface area contributed by atoms with Crippen molar-refractivity contribution in [3.8, 4) is 6.01 Å². The van der Waals surface area contributed by atoms with E-state index in [4.69, 9.17) is 9.15 Å². The van der Waals surface area contributed by atoms with E-state index < -0.39 is 5.91 Å². The average molecular weight is 287 g/mol. The average Bonchev–Trinajstić information content (AvgIpc) is 2.87. The number of hydrogen-bond donors (Lipinski definition) is 2. The first-order valence-electron chi connectivity index (χ1n) is 4.22. The maximum atomic E-state index is 11.6. The Balaban J connectivity index is 2.07. The second kappa shape index (κ2) is 4.35. The molecule has 7 nitrogen and oxygen atoms in total. The molecular formula is C8H7BrN4O3. The second-order valence-electron chi connectivity index (χ2n) is 2.73. The maximum absolute atomic E-state index is 11.6. The van der Waals surface area contributed by atoms with Crippen LogP contribution in [0.25, 0.3) is 0 Å². The molecule has 0 fully saturated rings. The number of rotatable bonds is 3. The molecule has 1 amide bonds. The number of aromatic amines is 1.